The minimum Gasteiger partial charge on any atom is -0.366 e. The average Bonchev–Trinajstić information content (AvgIpc) is 2.72. The maximum atomic E-state index is 11.4. The van der Waals surface area contributed by atoms with E-state index >= 15 is 0 Å². The van der Waals surface area contributed by atoms with Crippen LogP contribution in [0.25, 0.3) is 0 Å². The molecule has 1 fully saturated rings. The molecule has 2 atom stereocenters. The third kappa shape index (κ3) is 2.37. The molecule has 2 rings (SSSR count). The molecule has 1 aromatic rings. The second-order valence-corrected chi connectivity index (χ2v) is 5.15. The second-order valence-electron chi connectivity index (χ2n) is 4.07. The van der Waals surface area contributed by atoms with Crippen molar-refractivity contribution in [1.29, 1.82) is 0 Å². The van der Waals surface area contributed by atoms with Gasteiger partial charge in [0.25, 0.3) is 5.56 Å². The van der Waals surface area contributed by atoms with Gasteiger partial charge in [0, 0.05) is 6.04 Å². The van der Waals surface area contributed by atoms with Crippen LogP contribution in [0.1, 0.15) is 19.3 Å². The molecule has 0 amide bonds. The van der Waals surface area contributed by atoms with E-state index in [4.69, 9.17) is 5.73 Å². The highest BCUT2D eigenvalue weighted by atomic mass is 127. The lowest BCUT2D eigenvalue weighted by Crippen LogP contribution is -2.31. The van der Waals surface area contributed by atoms with Crippen LogP contribution in [-0.4, -0.2) is 22.6 Å². The van der Waals surface area contributed by atoms with Crippen molar-refractivity contribution in [2.75, 3.05) is 11.9 Å². The highest BCUT2D eigenvalue weighted by Gasteiger charge is 2.26. The van der Waals surface area contributed by atoms with Gasteiger partial charge >= 0.3 is 0 Å². The van der Waals surface area contributed by atoms with Crippen LogP contribution >= 0.6 is 22.6 Å². The van der Waals surface area contributed by atoms with Crippen LogP contribution in [0, 0.1) is 9.49 Å². The molecule has 1 heterocycles. The molecule has 6 heteroatoms. The predicted octanol–water partition coefficient (Wildman–Crippen LogP) is 0.914. The molecule has 1 aliphatic carbocycles. The van der Waals surface area contributed by atoms with E-state index in [9.17, 15) is 4.79 Å². The van der Waals surface area contributed by atoms with Gasteiger partial charge in [-0.1, -0.05) is 6.42 Å². The van der Waals surface area contributed by atoms with Crippen LogP contribution in [0.5, 0.6) is 0 Å². The number of nitrogens with two attached hydrogens (primary N) is 1. The quantitative estimate of drug-likeness (QED) is 0.718. The van der Waals surface area contributed by atoms with Crippen LogP contribution < -0.4 is 16.6 Å². The van der Waals surface area contributed by atoms with E-state index in [2.05, 4.69) is 15.3 Å². The van der Waals surface area contributed by atoms with Crippen molar-refractivity contribution in [3.8, 4) is 0 Å². The van der Waals surface area contributed by atoms with Gasteiger partial charge in [0.15, 0.2) is 0 Å². The summed E-state index contributed by atoms with van der Waals surface area (Å²) >= 11 is 2.01. The van der Waals surface area contributed by atoms with Crippen LogP contribution in [0.15, 0.2) is 11.1 Å². The summed E-state index contributed by atoms with van der Waals surface area (Å²) in [5, 5.41) is 3.33. The average molecular weight is 334 g/mol. The Morgan fingerprint density at radius 3 is 3.19 bits per heavy atom. The minimum atomic E-state index is -0.0969. The second kappa shape index (κ2) is 5.13. The summed E-state index contributed by atoms with van der Waals surface area (Å²) in [5.74, 6) is 1.17. The minimum absolute atomic E-state index is 0.0969. The van der Waals surface area contributed by atoms with Crippen LogP contribution in [0.3, 0.4) is 0 Å². The summed E-state index contributed by atoms with van der Waals surface area (Å²) in [6.07, 6.45) is 4.89. The first-order valence-corrected chi connectivity index (χ1v) is 6.50. The topological polar surface area (TPSA) is 83.8 Å². The molecule has 0 radical (unpaired) electrons. The lowest BCUT2D eigenvalue weighted by atomic mass is 10.0. The number of aromatic amines is 1. The number of aromatic nitrogens is 2. The lowest BCUT2D eigenvalue weighted by molar-refractivity contribution is 0.515. The highest BCUT2D eigenvalue weighted by Crippen LogP contribution is 2.27. The number of nitrogens with one attached hydrogen (secondary N) is 2. The molecule has 4 N–H and O–H groups in total. The van der Waals surface area contributed by atoms with E-state index in [-0.39, 0.29) is 5.56 Å². The standard InChI is InChI=1S/C10H15IN4O/c11-8-9(13-5-14-10(8)16)15-7-3-1-2-6(7)4-12/h5-7H,1-4,12H2,(H2,13,14,15,16). The van der Waals surface area contributed by atoms with E-state index in [1.807, 2.05) is 22.6 Å². The monoisotopic (exact) mass is 334 g/mol. The zero-order chi connectivity index (χ0) is 11.5. The number of hydrogen-bond donors (Lipinski definition) is 3. The predicted molar refractivity (Wildman–Crippen MR) is 71.4 cm³/mol. The molecule has 1 aromatic heterocycles. The number of halogens is 1. The first kappa shape index (κ1) is 11.8. The summed E-state index contributed by atoms with van der Waals surface area (Å²) in [5.41, 5.74) is 5.62. The Morgan fingerprint density at radius 1 is 1.62 bits per heavy atom. The number of rotatable bonds is 3. The largest absolute Gasteiger partial charge is 0.366 e. The lowest BCUT2D eigenvalue weighted by Gasteiger charge is -2.20. The van der Waals surface area contributed by atoms with Gasteiger partial charge in [0.2, 0.25) is 0 Å². The van der Waals surface area contributed by atoms with Crippen molar-refractivity contribution >= 4 is 28.4 Å². The van der Waals surface area contributed by atoms with Gasteiger partial charge in [-0.3, -0.25) is 4.79 Å². The maximum absolute atomic E-state index is 11.4. The normalized spacial score (nSPS) is 24.6. The molecule has 2 unspecified atom stereocenters. The maximum Gasteiger partial charge on any atom is 0.266 e. The van der Waals surface area contributed by atoms with Crippen molar-refractivity contribution in [1.82, 2.24) is 9.97 Å². The van der Waals surface area contributed by atoms with E-state index in [1.54, 1.807) is 0 Å². The Kier molecular flexibility index (Phi) is 3.80. The van der Waals surface area contributed by atoms with Gasteiger partial charge in [0.1, 0.15) is 9.39 Å². The number of H-pyrrole nitrogens is 1. The Bertz CT molecular complexity index is 420. The van der Waals surface area contributed by atoms with Crippen LogP contribution in [0.4, 0.5) is 5.82 Å². The van der Waals surface area contributed by atoms with Gasteiger partial charge in [-0.2, -0.15) is 0 Å². The third-order valence-electron chi connectivity index (χ3n) is 3.08. The number of hydrogen-bond acceptors (Lipinski definition) is 4. The molecule has 0 aromatic carbocycles. The molecule has 0 aliphatic heterocycles. The molecule has 0 spiro atoms. The van der Waals surface area contributed by atoms with Crippen molar-refractivity contribution in [2.24, 2.45) is 11.7 Å². The first-order valence-electron chi connectivity index (χ1n) is 5.42. The molecule has 5 nitrogen and oxygen atoms in total. The SMILES string of the molecule is NCC1CCCC1Nc1nc[nH]c(=O)c1I. The fraction of sp³-hybridized carbons (Fsp3) is 0.600. The molecular weight excluding hydrogens is 319 g/mol. The zero-order valence-corrected chi connectivity index (χ0v) is 11.0. The van der Waals surface area contributed by atoms with Gasteiger partial charge in [0.05, 0.1) is 6.33 Å². The molecule has 0 bridgehead atoms. The Morgan fingerprint density at radius 2 is 2.44 bits per heavy atom. The van der Waals surface area contributed by atoms with Gasteiger partial charge in [-0.05, 0) is 47.9 Å². The molecular formula is C10H15IN4O. The molecule has 1 aliphatic rings. The van der Waals surface area contributed by atoms with Crippen molar-refractivity contribution < 1.29 is 0 Å². The summed E-state index contributed by atoms with van der Waals surface area (Å²) < 4.78 is 0.614. The molecule has 16 heavy (non-hydrogen) atoms. The highest BCUT2D eigenvalue weighted by molar-refractivity contribution is 14.1. The van der Waals surface area contributed by atoms with E-state index in [0.717, 1.165) is 12.8 Å². The van der Waals surface area contributed by atoms with Gasteiger partial charge < -0.3 is 16.0 Å². The molecule has 1 saturated carbocycles. The van der Waals surface area contributed by atoms with Gasteiger partial charge in [-0.15, -0.1) is 0 Å². The van der Waals surface area contributed by atoms with E-state index in [1.165, 1.54) is 12.7 Å². The Labute approximate surface area is 107 Å². The third-order valence-corrected chi connectivity index (χ3v) is 4.08. The summed E-state index contributed by atoms with van der Waals surface area (Å²) in [6, 6.07) is 0.354. The van der Waals surface area contributed by atoms with E-state index < -0.39 is 0 Å². The fourth-order valence-electron chi connectivity index (χ4n) is 2.17. The summed E-state index contributed by atoms with van der Waals surface area (Å²) in [7, 11) is 0. The van der Waals surface area contributed by atoms with Crippen molar-refractivity contribution in [2.45, 2.75) is 25.3 Å². The summed E-state index contributed by atoms with van der Waals surface area (Å²) in [6.45, 7) is 0.692. The molecule has 0 saturated heterocycles. The zero-order valence-electron chi connectivity index (χ0n) is 8.87. The van der Waals surface area contributed by atoms with Crippen LogP contribution in [0.2, 0.25) is 0 Å². The van der Waals surface area contributed by atoms with Crippen LogP contribution in [-0.2, 0) is 0 Å². The Balaban J connectivity index is 2.14. The van der Waals surface area contributed by atoms with Gasteiger partial charge in [-0.25, -0.2) is 4.98 Å². The smallest absolute Gasteiger partial charge is 0.266 e. The summed E-state index contributed by atoms with van der Waals surface area (Å²) in [4.78, 5) is 18.1. The number of anilines is 1. The number of nitrogens with zero attached hydrogens (tertiary/aromatic N) is 1. The van der Waals surface area contributed by atoms with Crippen molar-refractivity contribution in [3.05, 3.63) is 20.3 Å². The first-order chi connectivity index (χ1) is 7.72. The van der Waals surface area contributed by atoms with E-state index in [0.29, 0.717) is 27.9 Å². The molecule has 88 valence electrons. The Hall–Kier alpha value is -0.630. The van der Waals surface area contributed by atoms with Crippen molar-refractivity contribution in [3.63, 3.8) is 0 Å². The fourth-order valence-corrected chi connectivity index (χ4v) is 2.62.